The number of hydrogen-bond acceptors (Lipinski definition) is 4. The number of aryl methyl sites for hydroxylation is 2. The van der Waals surface area contributed by atoms with Gasteiger partial charge < -0.3 is 16.0 Å². The topological polar surface area (TPSA) is 76.2 Å². The number of carbonyl (C=O) groups is 1. The standard InChI is InChI=1S/C15H27N5O/c1-10(2)8-17-9-12-11(3)18-19(4)15(12)20-7-5-6-13(20)14(16)21/h10,13,17H,5-9H2,1-4H3,(H2,16,21). The number of hydrogen-bond donors (Lipinski definition) is 2. The van der Waals surface area contributed by atoms with E-state index in [1.165, 1.54) is 5.56 Å². The maximum atomic E-state index is 11.7. The van der Waals surface area contributed by atoms with Crippen LogP contribution in [0.15, 0.2) is 0 Å². The van der Waals surface area contributed by atoms with E-state index in [4.69, 9.17) is 5.73 Å². The van der Waals surface area contributed by atoms with Gasteiger partial charge in [0.2, 0.25) is 5.91 Å². The van der Waals surface area contributed by atoms with Crippen LogP contribution >= 0.6 is 0 Å². The van der Waals surface area contributed by atoms with Gasteiger partial charge >= 0.3 is 0 Å². The first-order chi connectivity index (χ1) is 9.91. The predicted molar refractivity (Wildman–Crippen MR) is 84.1 cm³/mol. The van der Waals surface area contributed by atoms with Crippen molar-refractivity contribution in [3.8, 4) is 0 Å². The molecule has 6 heteroatoms. The summed E-state index contributed by atoms with van der Waals surface area (Å²) in [6.45, 7) is 9.00. The largest absolute Gasteiger partial charge is 0.368 e. The zero-order valence-corrected chi connectivity index (χ0v) is 13.5. The van der Waals surface area contributed by atoms with Crippen LogP contribution in [0.4, 0.5) is 5.82 Å². The van der Waals surface area contributed by atoms with Crippen molar-refractivity contribution in [3.05, 3.63) is 11.3 Å². The van der Waals surface area contributed by atoms with E-state index >= 15 is 0 Å². The third-order valence-corrected chi connectivity index (χ3v) is 4.02. The molecule has 1 aliphatic rings. The molecule has 0 radical (unpaired) electrons. The summed E-state index contributed by atoms with van der Waals surface area (Å²) in [6.07, 6.45) is 1.83. The minimum Gasteiger partial charge on any atom is -0.368 e. The Bertz CT molecular complexity index is 508. The van der Waals surface area contributed by atoms with Crippen LogP contribution in [0.25, 0.3) is 0 Å². The highest BCUT2D eigenvalue weighted by Gasteiger charge is 2.33. The third-order valence-electron chi connectivity index (χ3n) is 4.02. The average Bonchev–Trinajstić information content (AvgIpc) is 2.94. The van der Waals surface area contributed by atoms with Crippen LogP contribution in [-0.2, 0) is 18.4 Å². The molecule has 118 valence electrons. The van der Waals surface area contributed by atoms with E-state index in [2.05, 4.69) is 29.2 Å². The van der Waals surface area contributed by atoms with Gasteiger partial charge in [-0.1, -0.05) is 13.8 Å². The monoisotopic (exact) mass is 293 g/mol. The maximum absolute atomic E-state index is 11.7. The number of aromatic nitrogens is 2. The molecule has 1 aromatic rings. The summed E-state index contributed by atoms with van der Waals surface area (Å²) in [7, 11) is 1.94. The summed E-state index contributed by atoms with van der Waals surface area (Å²) >= 11 is 0. The maximum Gasteiger partial charge on any atom is 0.240 e. The first-order valence-electron chi connectivity index (χ1n) is 7.71. The van der Waals surface area contributed by atoms with Gasteiger partial charge in [-0.25, -0.2) is 0 Å². The normalized spacial score (nSPS) is 18.7. The van der Waals surface area contributed by atoms with Gasteiger partial charge in [0.15, 0.2) is 0 Å². The highest BCUT2D eigenvalue weighted by Crippen LogP contribution is 2.30. The lowest BCUT2D eigenvalue weighted by atomic mass is 10.1. The van der Waals surface area contributed by atoms with Crippen molar-refractivity contribution in [2.24, 2.45) is 18.7 Å². The van der Waals surface area contributed by atoms with Gasteiger partial charge in [-0.15, -0.1) is 0 Å². The van der Waals surface area contributed by atoms with Crippen LogP contribution in [0.5, 0.6) is 0 Å². The number of carbonyl (C=O) groups excluding carboxylic acids is 1. The molecular weight excluding hydrogens is 266 g/mol. The highest BCUT2D eigenvalue weighted by atomic mass is 16.1. The molecule has 1 fully saturated rings. The van der Waals surface area contributed by atoms with Crippen LogP contribution in [0, 0.1) is 12.8 Å². The van der Waals surface area contributed by atoms with Crippen LogP contribution in [0.3, 0.4) is 0 Å². The van der Waals surface area contributed by atoms with E-state index in [-0.39, 0.29) is 11.9 Å². The molecule has 1 atom stereocenters. The van der Waals surface area contributed by atoms with Gasteiger partial charge in [-0.2, -0.15) is 5.10 Å². The Morgan fingerprint density at radius 3 is 2.86 bits per heavy atom. The van der Waals surface area contributed by atoms with Gasteiger partial charge in [0, 0.05) is 25.7 Å². The average molecular weight is 293 g/mol. The molecule has 6 nitrogen and oxygen atoms in total. The van der Waals surface area contributed by atoms with Gasteiger partial charge in [0.1, 0.15) is 11.9 Å². The van der Waals surface area contributed by atoms with Crippen molar-refractivity contribution in [1.29, 1.82) is 0 Å². The van der Waals surface area contributed by atoms with Crippen LogP contribution < -0.4 is 16.0 Å². The first kappa shape index (κ1) is 15.8. The minimum atomic E-state index is -0.243. The summed E-state index contributed by atoms with van der Waals surface area (Å²) in [6, 6.07) is -0.205. The fourth-order valence-corrected chi connectivity index (χ4v) is 3.06. The van der Waals surface area contributed by atoms with Crippen molar-refractivity contribution in [3.63, 3.8) is 0 Å². The molecule has 2 heterocycles. The fourth-order valence-electron chi connectivity index (χ4n) is 3.06. The molecule has 0 aliphatic carbocycles. The van der Waals surface area contributed by atoms with Crippen LogP contribution in [-0.4, -0.2) is 34.8 Å². The third kappa shape index (κ3) is 3.37. The van der Waals surface area contributed by atoms with Crippen molar-refractivity contribution >= 4 is 11.7 Å². The van der Waals surface area contributed by atoms with Gasteiger partial charge in [0.25, 0.3) is 0 Å². The minimum absolute atomic E-state index is 0.205. The molecule has 3 N–H and O–H groups in total. The molecule has 0 saturated carbocycles. The summed E-state index contributed by atoms with van der Waals surface area (Å²) in [5.41, 5.74) is 7.73. The molecule has 0 bridgehead atoms. The van der Waals surface area contributed by atoms with Crippen molar-refractivity contribution in [1.82, 2.24) is 15.1 Å². The number of rotatable bonds is 6. The number of anilines is 1. The van der Waals surface area contributed by atoms with Gasteiger partial charge in [-0.3, -0.25) is 9.48 Å². The zero-order valence-electron chi connectivity index (χ0n) is 13.5. The number of amides is 1. The number of primary amides is 1. The lowest BCUT2D eigenvalue weighted by molar-refractivity contribution is -0.119. The van der Waals surface area contributed by atoms with Crippen molar-refractivity contribution in [2.45, 2.75) is 46.2 Å². The van der Waals surface area contributed by atoms with E-state index in [1.807, 2.05) is 18.7 Å². The van der Waals surface area contributed by atoms with Crippen LogP contribution in [0.1, 0.15) is 37.9 Å². The molecular formula is C15H27N5O. The predicted octanol–water partition coefficient (Wildman–Crippen LogP) is 0.928. The van der Waals surface area contributed by atoms with E-state index in [0.29, 0.717) is 5.92 Å². The van der Waals surface area contributed by atoms with Gasteiger partial charge in [0.05, 0.1) is 5.69 Å². The van der Waals surface area contributed by atoms with Crippen molar-refractivity contribution in [2.75, 3.05) is 18.0 Å². The Labute approximate surface area is 126 Å². The second-order valence-electron chi connectivity index (χ2n) is 6.29. The Hall–Kier alpha value is -1.56. The van der Waals surface area contributed by atoms with Crippen LogP contribution in [0.2, 0.25) is 0 Å². The SMILES string of the molecule is Cc1nn(C)c(N2CCCC2C(N)=O)c1CNCC(C)C. The Morgan fingerprint density at radius 1 is 1.52 bits per heavy atom. The second kappa shape index (κ2) is 6.47. The molecule has 1 unspecified atom stereocenters. The fraction of sp³-hybridized carbons (Fsp3) is 0.733. The summed E-state index contributed by atoms with van der Waals surface area (Å²) in [5, 5.41) is 8.00. The highest BCUT2D eigenvalue weighted by molar-refractivity contribution is 5.84. The Balaban J connectivity index is 2.24. The van der Waals surface area contributed by atoms with Gasteiger partial charge in [-0.05, 0) is 32.2 Å². The van der Waals surface area contributed by atoms with Crippen molar-refractivity contribution < 1.29 is 4.79 Å². The molecule has 0 aromatic carbocycles. The van der Waals surface area contributed by atoms with E-state index in [0.717, 1.165) is 44.0 Å². The summed E-state index contributed by atoms with van der Waals surface area (Å²) in [5.74, 6) is 1.40. The molecule has 0 spiro atoms. The number of nitrogens with one attached hydrogen (secondary N) is 1. The lowest BCUT2D eigenvalue weighted by Gasteiger charge is -2.25. The van der Waals surface area contributed by atoms with E-state index in [9.17, 15) is 4.79 Å². The lowest BCUT2D eigenvalue weighted by Crippen LogP contribution is -2.41. The Morgan fingerprint density at radius 2 is 2.24 bits per heavy atom. The summed E-state index contributed by atoms with van der Waals surface area (Å²) in [4.78, 5) is 13.8. The molecule has 2 rings (SSSR count). The second-order valence-corrected chi connectivity index (χ2v) is 6.29. The molecule has 1 aromatic heterocycles. The first-order valence-corrected chi connectivity index (χ1v) is 7.71. The van der Waals surface area contributed by atoms with E-state index in [1.54, 1.807) is 0 Å². The quantitative estimate of drug-likeness (QED) is 0.818. The Kier molecular flexibility index (Phi) is 4.88. The zero-order chi connectivity index (χ0) is 15.6. The molecule has 1 aliphatic heterocycles. The summed E-state index contributed by atoms with van der Waals surface area (Å²) < 4.78 is 1.88. The number of nitrogens with two attached hydrogens (primary N) is 1. The molecule has 21 heavy (non-hydrogen) atoms. The number of nitrogens with zero attached hydrogens (tertiary/aromatic N) is 3. The molecule has 1 amide bonds. The molecule has 1 saturated heterocycles. The van der Waals surface area contributed by atoms with E-state index < -0.39 is 0 Å². The smallest absolute Gasteiger partial charge is 0.240 e.